The van der Waals surface area contributed by atoms with Gasteiger partial charge in [-0.05, 0) is 36.8 Å². The molecule has 3 aromatic rings. The van der Waals surface area contributed by atoms with Crippen LogP contribution in [0.4, 0.5) is 5.69 Å². The van der Waals surface area contributed by atoms with E-state index >= 15 is 0 Å². The molecule has 1 N–H and O–H groups in total. The molecule has 0 saturated heterocycles. The lowest BCUT2D eigenvalue weighted by atomic mass is 10.1. The highest BCUT2D eigenvalue weighted by Crippen LogP contribution is 2.24. The lowest BCUT2D eigenvalue weighted by Gasteiger charge is -2.11. The summed E-state index contributed by atoms with van der Waals surface area (Å²) in [5, 5.41) is 2.88. The van der Waals surface area contributed by atoms with Crippen LogP contribution in [-0.2, 0) is 11.2 Å². The predicted molar refractivity (Wildman–Crippen MR) is 84.0 cm³/mol. The van der Waals surface area contributed by atoms with Crippen molar-refractivity contribution in [2.75, 3.05) is 11.9 Å². The summed E-state index contributed by atoms with van der Waals surface area (Å²) in [7, 11) is 0. The van der Waals surface area contributed by atoms with Crippen molar-refractivity contribution in [2.24, 2.45) is 0 Å². The number of anilines is 1. The number of nitrogens with zero attached hydrogens (tertiary/aromatic N) is 1. The van der Waals surface area contributed by atoms with E-state index in [2.05, 4.69) is 10.3 Å². The van der Waals surface area contributed by atoms with Crippen molar-refractivity contribution in [1.82, 2.24) is 4.98 Å². The minimum absolute atomic E-state index is 0.106. The molecule has 22 heavy (non-hydrogen) atoms. The van der Waals surface area contributed by atoms with Gasteiger partial charge < -0.3 is 14.5 Å². The van der Waals surface area contributed by atoms with Crippen LogP contribution in [0.2, 0.25) is 0 Å². The second-order valence-electron chi connectivity index (χ2n) is 4.81. The smallest absolute Gasteiger partial charge is 0.228 e. The molecule has 112 valence electrons. The lowest BCUT2D eigenvalue weighted by Crippen LogP contribution is -2.15. The standard InChI is InChI=1S/C17H16N2O3/c1-2-21-15-6-4-3-5-14(15)19-17(20)10-12-7-8-13-16(9-12)22-11-18-13/h3-9,11H,2,10H2,1H3,(H,19,20). The maximum atomic E-state index is 12.2. The number of fused-ring (bicyclic) bond motifs is 1. The normalized spacial score (nSPS) is 10.6. The third-order valence-corrected chi connectivity index (χ3v) is 3.22. The van der Waals surface area contributed by atoms with Gasteiger partial charge in [0.25, 0.3) is 0 Å². The van der Waals surface area contributed by atoms with Crippen molar-refractivity contribution in [1.29, 1.82) is 0 Å². The maximum absolute atomic E-state index is 12.2. The molecule has 5 heteroatoms. The first-order chi connectivity index (χ1) is 10.8. The third-order valence-electron chi connectivity index (χ3n) is 3.22. The molecule has 0 unspecified atom stereocenters. The summed E-state index contributed by atoms with van der Waals surface area (Å²) in [6, 6.07) is 12.9. The van der Waals surface area contributed by atoms with E-state index in [1.165, 1.54) is 6.39 Å². The molecule has 0 fully saturated rings. The van der Waals surface area contributed by atoms with Crippen LogP contribution < -0.4 is 10.1 Å². The Morgan fingerprint density at radius 1 is 1.27 bits per heavy atom. The first kappa shape index (κ1) is 14.1. The van der Waals surface area contributed by atoms with Crippen LogP contribution in [0, 0.1) is 0 Å². The van der Waals surface area contributed by atoms with Gasteiger partial charge in [0.2, 0.25) is 5.91 Å². The van der Waals surface area contributed by atoms with Gasteiger partial charge in [0.05, 0.1) is 18.7 Å². The van der Waals surface area contributed by atoms with Crippen molar-refractivity contribution >= 4 is 22.7 Å². The number of carbonyl (C=O) groups is 1. The minimum atomic E-state index is -0.106. The molecule has 5 nitrogen and oxygen atoms in total. The minimum Gasteiger partial charge on any atom is -0.492 e. The Hall–Kier alpha value is -2.82. The summed E-state index contributed by atoms with van der Waals surface area (Å²) in [4.78, 5) is 16.3. The van der Waals surface area contributed by atoms with Gasteiger partial charge in [0.15, 0.2) is 12.0 Å². The lowest BCUT2D eigenvalue weighted by molar-refractivity contribution is -0.115. The molecule has 1 amide bonds. The fourth-order valence-electron chi connectivity index (χ4n) is 2.24. The SMILES string of the molecule is CCOc1ccccc1NC(=O)Cc1ccc2ncoc2c1. The number of carbonyl (C=O) groups excluding carboxylic acids is 1. The van der Waals surface area contributed by atoms with Gasteiger partial charge in [-0.2, -0.15) is 0 Å². The van der Waals surface area contributed by atoms with Crippen molar-refractivity contribution in [3.63, 3.8) is 0 Å². The molecule has 0 aliphatic carbocycles. The second-order valence-corrected chi connectivity index (χ2v) is 4.81. The van der Waals surface area contributed by atoms with E-state index in [-0.39, 0.29) is 12.3 Å². The van der Waals surface area contributed by atoms with Crippen molar-refractivity contribution in [2.45, 2.75) is 13.3 Å². The zero-order valence-corrected chi connectivity index (χ0v) is 12.2. The van der Waals surface area contributed by atoms with Crippen molar-refractivity contribution < 1.29 is 13.9 Å². The van der Waals surface area contributed by atoms with Crippen molar-refractivity contribution in [3.05, 3.63) is 54.4 Å². The van der Waals surface area contributed by atoms with Crippen LogP contribution in [0.1, 0.15) is 12.5 Å². The van der Waals surface area contributed by atoms with Crippen LogP contribution in [0.25, 0.3) is 11.1 Å². The zero-order chi connectivity index (χ0) is 15.4. The average Bonchev–Trinajstić information content (AvgIpc) is 2.97. The molecule has 0 aliphatic heterocycles. The van der Waals surface area contributed by atoms with E-state index in [1.807, 2.05) is 49.4 Å². The molecule has 1 aromatic heterocycles. The molecule has 0 saturated carbocycles. The molecule has 0 atom stereocenters. The van der Waals surface area contributed by atoms with Gasteiger partial charge in [-0.1, -0.05) is 18.2 Å². The molecule has 0 spiro atoms. The summed E-state index contributed by atoms with van der Waals surface area (Å²) in [5.41, 5.74) is 3.01. The first-order valence-electron chi connectivity index (χ1n) is 7.10. The number of aromatic nitrogens is 1. The van der Waals surface area contributed by atoms with E-state index in [0.29, 0.717) is 23.6 Å². The van der Waals surface area contributed by atoms with Gasteiger partial charge in [-0.25, -0.2) is 4.98 Å². The maximum Gasteiger partial charge on any atom is 0.228 e. The molecule has 3 rings (SSSR count). The first-order valence-corrected chi connectivity index (χ1v) is 7.10. The largest absolute Gasteiger partial charge is 0.492 e. The van der Waals surface area contributed by atoms with Gasteiger partial charge >= 0.3 is 0 Å². The van der Waals surface area contributed by atoms with E-state index in [9.17, 15) is 4.79 Å². The van der Waals surface area contributed by atoms with Gasteiger partial charge in [0, 0.05) is 0 Å². The summed E-state index contributed by atoms with van der Waals surface area (Å²) < 4.78 is 10.7. The summed E-state index contributed by atoms with van der Waals surface area (Å²) >= 11 is 0. The topological polar surface area (TPSA) is 64.4 Å². The van der Waals surface area contributed by atoms with Crippen molar-refractivity contribution in [3.8, 4) is 5.75 Å². The monoisotopic (exact) mass is 296 g/mol. The molecule has 0 aliphatic rings. The Kier molecular flexibility index (Phi) is 4.05. The summed E-state index contributed by atoms with van der Waals surface area (Å²) in [5.74, 6) is 0.565. The number of hydrogen-bond donors (Lipinski definition) is 1. The summed E-state index contributed by atoms with van der Waals surface area (Å²) in [6.45, 7) is 2.46. The number of amides is 1. The number of rotatable bonds is 5. The molecule has 1 heterocycles. The van der Waals surface area contributed by atoms with Crippen LogP contribution in [-0.4, -0.2) is 17.5 Å². The highest BCUT2D eigenvalue weighted by atomic mass is 16.5. The predicted octanol–water partition coefficient (Wildman–Crippen LogP) is 3.41. The zero-order valence-electron chi connectivity index (χ0n) is 12.2. The number of nitrogens with one attached hydrogen (secondary N) is 1. The fraction of sp³-hybridized carbons (Fsp3) is 0.176. The van der Waals surface area contributed by atoms with Gasteiger partial charge in [-0.3, -0.25) is 4.79 Å². The Balaban J connectivity index is 1.72. The van der Waals surface area contributed by atoms with E-state index in [4.69, 9.17) is 9.15 Å². The van der Waals surface area contributed by atoms with E-state index < -0.39 is 0 Å². The van der Waals surface area contributed by atoms with Crippen LogP contribution >= 0.6 is 0 Å². The Labute approximate surface area is 127 Å². The van der Waals surface area contributed by atoms with Gasteiger partial charge in [-0.15, -0.1) is 0 Å². The third kappa shape index (κ3) is 3.09. The average molecular weight is 296 g/mol. The van der Waals surface area contributed by atoms with Crippen LogP contribution in [0.15, 0.2) is 53.3 Å². The van der Waals surface area contributed by atoms with E-state index in [0.717, 1.165) is 11.1 Å². The second kappa shape index (κ2) is 6.30. The van der Waals surface area contributed by atoms with Crippen LogP contribution in [0.3, 0.4) is 0 Å². The number of hydrogen-bond acceptors (Lipinski definition) is 4. The highest BCUT2D eigenvalue weighted by molar-refractivity contribution is 5.94. The Morgan fingerprint density at radius 2 is 2.14 bits per heavy atom. The number of para-hydroxylation sites is 2. The number of ether oxygens (including phenoxy) is 1. The fourth-order valence-corrected chi connectivity index (χ4v) is 2.24. The highest BCUT2D eigenvalue weighted by Gasteiger charge is 2.09. The molecule has 0 bridgehead atoms. The number of oxazole rings is 1. The molecular formula is C17H16N2O3. The van der Waals surface area contributed by atoms with Gasteiger partial charge in [0.1, 0.15) is 11.3 Å². The Morgan fingerprint density at radius 3 is 3.00 bits per heavy atom. The molecule has 2 aromatic carbocycles. The quantitative estimate of drug-likeness (QED) is 0.783. The Bertz CT molecular complexity index is 795. The summed E-state index contributed by atoms with van der Waals surface area (Å²) in [6.07, 6.45) is 1.66. The number of benzene rings is 2. The van der Waals surface area contributed by atoms with Crippen LogP contribution in [0.5, 0.6) is 5.75 Å². The molecular weight excluding hydrogens is 280 g/mol. The molecule has 0 radical (unpaired) electrons. The van der Waals surface area contributed by atoms with E-state index in [1.54, 1.807) is 0 Å².